The van der Waals surface area contributed by atoms with Gasteiger partial charge in [-0.05, 0) is 49.6 Å². The van der Waals surface area contributed by atoms with Gasteiger partial charge in [-0.3, -0.25) is 14.2 Å². The Bertz CT molecular complexity index is 1120. The predicted molar refractivity (Wildman–Crippen MR) is 113 cm³/mol. The van der Waals surface area contributed by atoms with E-state index in [1.807, 2.05) is 17.9 Å². The normalized spacial score (nSPS) is 14.8. The Morgan fingerprint density at radius 1 is 1.23 bits per heavy atom. The van der Waals surface area contributed by atoms with Crippen molar-refractivity contribution < 1.29 is 9.18 Å². The molecule has 1 N–H and O–H groups in total. The number of amides is 1. The maximum Gasteiger partial charge on any atom is 0.295 e. The SMILES string of the molecule is CCn1c(=O)c(N2CCC(C(=O)NCc3cccc(F)c3)CC2)nc2cccnc21. The predicted octanol–water partition coefficient (Wildman–Crippen LogP) is 2.48. The molecule has 0 aliphatic carbocycles. The fourth-order valence-electron chi connectivity index (χ4n) is 3.90. The molecule has 0 radical (unpaired) electrons. The number of halogens is 1. The third-order valence-corrected chi connectivity index (χ3v) is 5.52. The van der Waals surface area contributed by atoms with Gasteiger partial charge in [-0.2, -0.15) is 0 Å². The van der Waals surface area contributed by atoms with Gasteiger partial charge in [0.25, 0.3) is 5.56 Å². The number of hydrogen-bond donors (Lipinski definition) is 1. The Balaban J connectivity index is 1.42. The number of fused-ring (bicyclic) bond motifs is 1. The highest BCUT2D eigenvalue weighted by Gasteiger charge is 2.27. The van der Waals surface area contributed by atoms with Crippen LogP contribution in [0.15, 0.2) is 47.4 Å². The van der Waals surface area contributed by atoms with E-state index in [-0.39, 0.29) is 23.2 Å². The van der Waals surface area contributed by atoms with Crippen molar-refractivity contribution in [2.75, 3.05) is 18.0 Å². The Labute approximate surface area is 173 Å². The fraction of sp³-hybridized carbons (Fsp3) is 0.364. The van der Waals surface area contributed by atoms with Gasteiger partial charge in [0.05, 0.1) is 0 Å². The lowest BCUT2D eigenvalue weighted by Crippen LogP contribution is -2.43. The Hall–Kier alpha value is -3.29. The molecule has 0 spiro atoms. The molecular formula is C22H24FN5O2. The number of carbonyl (C=O) groups is 1. The largest absolute Gasteiger partial charge is 0.352 e. The molecule has 3 aromatic rings. The summed E-state index contributed by atoms with van der Waals surface area (Å²) >= 11 is 0. The van der Waals surface area contributed by atoms with Crippen LogP contribution in [0.4, 0.5) is 10.2 Å². The van der Waals surface area contributed by atoms with E-state index in [9.17, 15) is 14.0 Å². The second-order valence-corrected chi connectivity index (χ2v) is 7.44. The summed E-state index contributed by atoms with van der Waals surface area (Å²) in [5.74, 6) is -0.0762. The number of anilines is 1. The molecule has 2 aromatic heterocycles. The van der Waals surface area contributed by atoms with E-state index in [2.05, 4.69) is 15.3 Å². The first kappa shape index (κ1) is 20.0. The number of carbonyl (C=O) groups excluding carboxylic acids is 1. The summed E-state index contributed by atoms with van der Waals surface area (Å²) in [6, 6.07) is 9.87. The summed E-state index contributed by atoms with van der Waals surface area (Å²) in [6.07, 6.45) is 2.92. The number of nitrogens with one attached hydrogen (secondary N) is 1. The number of aromatic nitrogens is 3. The topological polar surface area (TPSA) is 80.1 Å². The highest BCUT2D eigenvalue weighted by atomic mass is 19.1. The van der Waals surface area contributed by atoms with E-state index in [1.165, 1.54) is 12.1 Å². The Morgan fingerprint density at radius 3 is 2.77 bits per heavy atom. The number of hydrogen-bond acceptors (Lipinski definition) is 5. The molecule has 7 nitrogen and oxygen atoms in total. The highest BCUT2D eigenvalue weighted by Crippen LogP contribution is 2.21. The van der Waals surface area contributed by atoms with Crippen LogP contribution in [0.5, 0.6) is 0 Å². The minimum atomic E-state index is -0.314. The zero-order valence-electron chi connectivity index (χ0n) is 16.8. The quantitative estimate of drug-likeness (QED) is 0.700. The molecule has 1 aromatic carbocycles. The lowest BCUT2D eigenvalue weighted by Gasteiger charge is -2.32. The summed E-state index contributed by atoms with van der Waals surface area (Å²) in [4.78, 5) is 36.3. The standard InChI is InChI=1S/C22H24FN5O2/c1-2-28-19-18(7-4-10-24-19)26-20(22(28)30)27-11-8-16(9-12-27)21(29)25-14-15-5-3-6-17(23)13-15/h3-7,10,13,16H,2,8-9,11-12,14H2,1H3,(H,25,29). The number of rotatable bonds is 5. The van der Waals surface area contributed by atoms with E-state index < -0.39 is 0 Å². The van der Waals surface area contributed by atoms with Crippen molar-refractivity contribution in [3.63, 3.8) is 0 Å². The Morgan fingerprint density at radius 2 is 2.03 bits per heavy atom. The zero-order chi connectivity index (χ0) is 21.1. The van der Waals surface area contributed by atoms with Crippen LogP contribution in [0, 0.1) is 11.7 Å². The molecule has 3 heterocycles. The summed E-state index contributed by atoms with van der Waals surface area (Å²) in [6.45, 7) is 3.89. The molecule has 1 aliphatic rings. The van der Waals surface area contributed by atoms with Crippen LogP contribution in [0.25, 0.3) is 11.2 Å². The van der Waals surface area contributed by atoms with Crippen LogP contribution >= 0.6 is 0 Å². The van der Waals surface area contributed by atoms with Gasteiger partial charge in [-0.15, -0.1) is 0 Å². The van der Waals surface area contributed by atoms with Gasteiger partial charge in [0.1, 0.15) is 11.3 Å². The molecule has 1 amide bonds. The average molecular weight is 409 g/mol. The molecule has 0 unspecified atom stereocenters. The first-order valence-electron chi connectivity index (χ1n) is 10.2. The van der Waals surface area contributed by atoms with Crippen molar-refractivity contribution in [1.82, 2.24) is 19.9 Å². The van der Waals surface area contributed by atoms with Crippen molar-refractivity contribution in [2.45, 2.75) is 32.9 Å². The van der Waals surface area contributed by atoms with Crippen molar-refractivity contribution in [3.8, 4) is 0 Å². The number of pyridine rings is 1. The van der Waals surface area contributed by atoms with Crippen molar-refractivity contribution in [2.24, 2.45) is 5.92 Å². The number of aryl methyl sites for hydroxylation is 1. The van der Waals surface area contributed by atoms with Crippen LogP contribution < -0.4 is 15.8 Å². The van der Waals surface area contributed by atoms with E-state index in [0.717, 1.165) is 5.56 Å². The maximum atomic E-state index is 13.3. The molecule has 1 fully saturated rings. The summed E-state index contributed by atoms with van der Waals surface area (Å²) < 4.78 is 14.9. The second-order valence-electron chi connectivity index (χ2n) is 7.44. The molecule has 8 heteroatoms. The molecule has 1 aliphatic heterocycles. The molecule has 156 valence electrons. The van der Waals surface area contributed by atoms with Gasteiger partial charge < -0.3 is 10.2 Å². The third kappa shape index (κ3) is 4.03. The summed E-state index contributed by atoms with van der Waals surface area (Å²) in [5.41, 5.74) is 1.84. The lowest BCUT2D eigenvalue weighted by atomic mass is 9.96. The summed E-state index contributed by atoms with van der Waals surface area (Å²) in [7, 11) is 0. The van der Waals surface area contributed by atoms with E-state index in [0.29, 0.717) is 56.0 Å². The van der Waals surface area contributed by atoms with Gasteiger partial charge in [-0.1, -0.05) is 12.1 Å². The number of nitrogens with zero attached hydrogens (tertiary/aromatic N) is 4. The van der Waals surface area contributed by atoms with Gasteiger partial charge in [0, 0.05) is 38.3 Å². The smallest absolute Gasteiger partial charge is 0.295 e. The van der Waals surface area contributed by atoms with Crippen molar-refractivity contribution >= 4 is 22.9 Å². The lowest BCUT2D eigenvalue weighted by molar-refractivity contribution is -0.125. The monoisotopic (exact) mass is 409 g/mol. The molecule has 1 saturated heterocycles. The average Bonchev–Trinajstić information content (AvgIpc) is 2.77. The third-order valence-electron chi connectivity index (χ3n) is 5.52. The van der Waals surface area contributed by atoms with Gasteiger partial charge in [-0.25, -0.2) is 14.4 Å². The van der Waals surface area contributed by atoms with Crippen LogP contribution in [0.3, 0.4) is 0 Å². The van der Waals surface area contributed by atoms with Crippen LogP contribution in [0.1, 0.15) is 25.3 Å². The molecular weight excluding hydrogens is 385 g/mol. The molecule has 4 rings (SSSR count). The van der Waals surface area contributed by atoms with Crippen molar-refractivity contribution in [3.05, 3.63) is 64.3 Å². The number of benzene rings is 1. The number of piperidine rings is 1. The van der Waals surface area contributed by atoms with E-state index in [4.69, 9.17) is 0 Å². The van der Waals surface area contributed by atoms with Crippen LogP contribution in [-0.4, -0.2) is 33.5 Å². The first-order valence-corrected chi connectivity index (χ1v) is 10.2. The van der Waals surface area contributed by atoms with Gasteiger partial charge in [0.2, 0.25) is 5.91 Å². The molecule has 30 heavy (non-hydrogen) atoms. The zero-order valence-corrected chi connectivity index (χ0v) is 16.8. The van der Waals surface area contributed by atoms with E-state index >= 15 is 0 Å². The van der Waals surface area contributed by atoms with E-state index in [1.54, 1.807) is 29.0 Å². The molecule has 0 bridgehead atoms. The molecule has 0 saturated carbocycles. The first-order chi connectivity index (χ1) is 14.6. The van der Waals surface area contributed by atoms with Gasteiger partial charge in [0.15, 0.2) is 11.5 Å². The second kappa shape index (κ2) is 8.61. The highest BCUT2D eigenvalue weighted by molar-refractivity contribution is 5.79. The minimum Gasteiger partial charge on any atom is -0.352 e. The van der Waals surface area contributed by atoms with Crippen LogP contribution in [-0.2, 0) is 17.9 Å². The Kier molecular flexibility index (Phi) is 5.74. The van der Waals surface area contributed by atoms with Gasteiger partial charge >= 0.3 is 0 Å². The van der Waals surface area contributed by atoms with Crippen LogP contribution in [0.2, 0.25) is 0 Å². The minimum absolute atomic E-state index is 0.0412. The molecule has 0 atom stereocenters. The summed E-state index contributed by atoms with van der Waals surface area (Å²) in [5, 5.41) is 2.89. The fourth-order valence-corrected chi connectivity index (χ4v) is 3.90. The maximum absolute atomic E-state index is 13.3. The van der Waals surface area contributed by atoms with Crippen molar-refractivity contribution in [1.29, 1.82) is 0 Å².